The van der Waals surface area contributed by atoms with Gasteiger partial charge in [-0.1, -0.05) is 42.5 Å². The third-order valence-electron chi connectivity index (χ3n) is 3.64. The van der Waals surface area contributed by atoms with Crippen LogP contribution in [0.25, 0.3) is 10.9 Å². The molecule has 0 aliphatic rings. The van der Waals surface area contributed by atoms with E-state index in [1.165, 1.54) is 22.0 Å². The molecular weight excluding hydrogens is 232 g/mol. The summed E-state index contributed by atoms with van der Waals surface area (Å²) in [4.78, 5) is 3.28. The Bertz CT molecular complexity index is 655. The van der Waals surface area contributed by atoms with Crippen LogP contribution in [0, 0.1) is 0 Å². The minimum absolute atomic E-state index is 0.374. The molecule has 0 spiro atoms. The zero-order chi connectivity index (χ0) is 13.1. The van der Waals surface area contributed by atoms with E-state index in [4.69, 9.17) is 5.73 Å². The molecule has 96 valence electrons. The fraction of sp³-hybridized carbons (Fsp3) is 0.176. The number of hydrogen-bond donors (Lipinski definition) is 2. The Balaban J connectivity index is 2.03. The Hall–Kier alpha value is -2.06. The summed E-state index contributed by atoms with van der Waals surface area (Å²) in [5.74, 6) is 0.374. The minimum Gasteiger partial charge on any atom is -0.361 e. The summed E-state index contributed by atoms with van der Waals surface area (Å²) in [6.45, 7) is 0.697. The summed E-state index contributed by atoms with van der Waals surface area (Å²) >= 11 is 0. The van der Waals surface area contributed by atoms with Gasteiger partial charge >= 0.3 is 0 Å². The van der Waals surface area contributed by atoms with E-state index in [9.17, 15) is 0 Å². The SMILES string of the molecule is NCC[C@H](c1ccccc1)c1ccc2cc[nH]c2c1. The van der Waals surface area contributed by atoms with Crippen molar-refractivity contribution in [2.45, 2.75) is 12.3 Å². The molecule has 1 atom stereocenters. The molecule has 3 N–H and O–H groups in total. The number of benzene rings is 2. The van der Waals surface area contributed by atoms with Gasteiger partial charge in [0.05, 0.1) is 0 Å². The molecule has 0 unspecified atom stereocenters. The number of hydrogen-bond acceptors (Lipinski definition) is 1. The van der Waals surface area contributed by atoms with Gasteiger partial charge in [0.15, 0.2) is 0 Å². The predicted octanol–water partition coefficient (Wildman–Crippen LogP) is 3.65. The number of H-pyrrole nitrogens is 1. The number of aromatic amines is 1. The molecule has 0 aliphatic carbocycles. The smallest absolute Gasteiger partial charge is 0.0456 e. The van der Waals surface area contributed by atoms with E-state index in [0.29, 0.717) is 12.5 Å². The van der Waals surface area contributed by atoms with E-state index >= 15 is 0 Å². The van der Waals surface area contributed by atoms with Gasteiger partial charge in [-0.3, -0.25) is 0 Å². The van der Waals surface area contributed by atoms with Crippen molar-refractivity contribution in [1.29, 1.82) is 0 Å². The molecule has 0 fully saturated rings. The fourth-order valence-corrected chi connectivity index (χ4v) is 2.66. The number of nitrogens with one attached hydrogen (secondary N) is 1. The van der Waals surface area contributed by atoms with Crippen LogP contribution in [0.3, 0.4) is 0 Å². The standard InChI is InChI=1S/C17H18N2/c18-10-8-16(13-4-2-1-3-5-13)15-7-6-14-9-11-19-17(14)12-15/h1-7,9,11-12,16,19H,8,10,18H2/t16-/m1/s1. The molecular formula is C17H18N2. The highest BCUT2D eigenvalue weighted by atomic mass is 14.7. The maximum atomic E-state index is 5.79. The highest BCUT2D eigenvalue weighted by Gasteiger charge is 2.13. The van der Waals surface area contributed by atoms with Gasteiger partial charge in [-0.05, 0) is 41.6 Å². The summed E-state index contributed by atoms with van der Waals surface area (Å²) in [5.41, 5.74) is 9.64. The first kappa shape index (κ1) is 12.0. The van der Waals surface area contributed by atoms with E-state index in [0.717, 1.165) is 6.42 Å². The first-order chi connectivity index (χ1) is 9.38. The maximum Gasteiger partial charge on any atom is 0.0456 e. The van der Waals surface area contributed by atoms with Crippen molar-refractivity contribution in [2.24, 2.45) is 5.73 Å². The maximum absolute atomic E-state index is 5.79. The van der Waals surface area contributed by atoms with Crippen LogP contribution in [-0.2, 0) is 0 Å². The van der Waals surface area contributed by atoms with E-state index in [-0.39, 0.29) is 0 Å². The highest BCUT2D eigenvalue weighted by Crippen LogP contribution is 2.29. The van der Waals surface area contributed by atoms with Gasteiger partial charge in [-0.2, -0.15) is 0 Å². The van der Waals surface area contributed by atoms with E-state index in [1.54, 1.807) is 0 Å². The Labute approximate surface area is 113 Å². The van der Waals surface area contributed by atoms with Crippen LogP contribution in [0.4, 0.5) is 0 Å². The molecule has 2 heteroatoms. The van der Waals surface area contributed by atoms with Crippen molar-refractivity contribution in [3.05, 3.63) is 71.9 Å². The summed E-state index contributed by atoms with van der Waals surface area (Å²) in [5, 5.41) is 1.25. The molecule has 3 rings (SSSR count). The summed E-state index contributed by atoms with van der Waals surface area (Å²) in [7, 11) is 0. The Morgan fingerprint density at radius 3 is 2.58 bits per heavy atom. The zero-order valence-electron chi connectivity index (χ0n) is 10.8. The molecule has 0 bridgehead atoms. The Kier molecular flexibility index (Phi) is 3.34. The molecule has 1 aromatic heterocycles. The molecule has 0 radical (unpaired) electrons. The average Bonchev–Trinajstić information content (AvgIpc) is 2.93. The molecule has 2 nitrogen and oxygen atoms in total. The number of aromatic nitrogens is 1. The average molecular weight is 250 g/mol. The fourth-order valence-electron chi connectivity index (χ4n) is 2.66. The van der Waals surface area contributed by atoms with E-state index in [1.807, 2.05) is 6.20 Å². The Morgan fingerprint density at radius 2 is 1.79 bits per heavy atom. The lowest BCUT2D eigenvalue weighted by atomic mass is 9.88. The molecule has 0 saturated heterocycles. The monoisotopic (exact) mass is 250 g/mol. The van der Waals surface area contributed by atoms with Crippen molar-refractivity contribution in [2.75, 3.05) is 6.54 Å². The predicted molar refractivity (Wildman–Crippen MR) is 80.3 cm³/mol. The van der Waals surface area contributed by atoms with Crippen molar-refractivity contribution in [3.63, 3.8) is 0 Å². The van der Waals surface area contributed by atoms with E-state index in [2.05, 4.69) is 59.6 Å². The minimum atomic E-state index is 0.374. The Morgan fingerprint density at radius 1 is 0.947 bits per heavy atom. The van der Waals surface area contributed by atoms with Gasteiger partial charge in [0.2, 0.25) is 0 Å². The van der Waals surface area contributed by atoms with Crippen molar-refractivity contribution >= 4 is 10.9 Å². The largest absolute Gasteiger partial charge is 0.361 e. The number of nitrogens with two attached hydrogens (primary N) is 1. The molecule has 0 aliphatic heterocycles. The molecule has 0 amide bonds. The lowest BCUT2D eigenvalue weighted by molar-refractivity contribution is 0.727. The van der Waals surface area contributed by atoms with Crippen molar-refractivity contribution in [3.8, 4) is 0 Å². The van der Waals surface area contributed by atoms with Gasteiger partial charge in [0.1, 0.15) is 0 Å². The second kappa shape index (κ2) is 5.29. The quantitative estimate of drug-likeness (QED) is 0.729. The first-order valence-corrected chi connectivity index (χ1v) is 6.70. The van der Waals surface area contributed by atoms with Crippen molar-refractivity contribution in [1.82, 2.24) is 4.98 Å². The number of fused-ring (bicyclic) bond motifs is 1. The lowest BCUT2D eigenvalue weighted by Gasteiger charge is -2.17. The highest BCUT2D eigenvalue weighted by molar-refractivity contribution is 5.80. The van der Waals surface area contributed by atoms with Gasteiger partial charge < -0.3 is 10.7 Å². The molecule has 1 heterocycles. The number of rotatable bonds is 4. The van der Waals surface area contributed by atoms with E-state index < -0.39 is 0 Å². The van der Waals surface area contributed by atoms with Gasteiger partial charge in [-0.25, -0.2) is 0 Å². The third-order valence-corrected chi connectivity index (χ3v) is 3.64. The van der Waals surface area contributed by atoms with Gasteiger partial charge in [0.25, 0.3) is 0 Å². The molecule has 19 heavy (non-hydrogen) atoms. The summed E-state index contributed by atoms with van der Waals surface area (Å²) in [6.07, 6.45) is 2.95. The summed E-state index contributed by atoms with van der Waals surface area (Å²) in [6, 6.07) is 19.3. The van der Waals surface area contributed by atoms with Crippen LogP contribution in [0.1, 0.15) is 23.5 Å². The zero-order valence-corrected chi connectivity index (χ0v) is 10.8. The van der Waals surface area contributed by atoms with Crippen LogP contribution >= 0.6 is 0 Å². The second-order valence-electron chi connectivity index (χ2n) is 4.86. The van der Waals surface area contributed by atoms with Crippen LogP contribution < -0.4 is 5.73 Å². The molecule has 2 aromatic carbocycles. The lowest BCUT2D eigenvalue weighted by Crippen LogP contribution is -2.08. The van der Waals surface area contributed by atoms with Crippen LogP contribution in [0.15, 0.2) is 60.8 Å². The van der Waals surface area contributed by atoms with Crippen LogP contribution in [0.5, 0.6) is 0 Å². The summed E-state index contributed by atoms with van der Waals surface area (Å²) < 4.78 is 0. The van der Waals surface area contributed by atoms with Crippen molar-refractivity contribution < 1.29 is 0 Å². The first-order valence-electron chi connectivity index (χ1n) is 6.70. The third kappa shape index (κ3) is 2.40. The second-order valence-corrected chi connectivity index (χ2v) is 4.86. The van der Waals surface area contributed by atoms with Crippen LogP contribution in [0.2, 0.25) is 0 Å². The topological polar surface area (TPSA) is 41.8 Å². The molecule has 0 saturated carbocycles. The van der Waals surface area contributed by atoms with Gasteiger partial charge in [0, 0.05) is 17.6 Å². The normalized spacial score (nSPS) is 12.7. The molecule has 3 aromatic rings. The van der Waals surface area contributed by atoms with Gasteiger partial charge in [-0.15, -0.1) is 0 Å². The van der Waals surface area contributed by atoms with Crippen LogP contribution in [-0.4, -0.2) is 11.5 Å².